The zero-order chi connectivity index (χ0) is 72.8. The maximum atomic E-state index is 4.35. The van der Waals surface area contributed by atoms with Gasteiger partial charge in [0.05, 0.1) is 34.2 Å². The number of hydrogen-bond acceptors (Lipinski definition) is 18. The fourth-order valence-corrected chi connectivity index (χ4v) is 9.09. The van der Waals surface area contributed by atoms with Crippen molar-refractivity contribution in [2.24, 2.45) is 0 Å². The van der Waals surface area contributed by atoms with Crippen molar-refractivity contribution in [3.8, 4) is 89.8 Å². The molecule has 0 atom stereocenters. The molecular formula is C86H78N18. The molecule has 0 radical (unpaired) electrons. The van der Waals surface area contributed by atoms with Crippen LogP contribution in [0.25, 0.3) is 89.8 Å². The Labute approximate surface area is 607 Å². The summed E-state index contributed by atoms with van der Waals surface area (Å²) in [5, 5.41) is 0. The minimum absolute atomic E-state index is 0.777. The van der Waals surface area contributed by atoms with Crippen LogP contribution in [-0.2, 0) is 0 Å². The van der Waals surface area contributed by atoms with Gasteiger partial charge < -0.3 is 0 Å². The van der Waals surface area contributed by atoms with Crippen molar-refractivity contribution < 1.29 is 0 Å². The van der Waals surface area contributed by atoms with Crippen molar-refractivity contribution in [3.05, 3.63) is 376 Å². The summed E-state index contributed by atoms with van der Waals surface area (Å²) in [5.74, 6) is 3.16. The maximum Gasteiger partial charge on any atom is 0.125 e. The van der Waals surface area contributed by atoms with Gasteiger partial charge in [-0.2, -0.15) is 0 Å². The minimum atomic E-state index is 0.777. The summed E-state index contributed by atoms with van der Waals surface area (Å²) in [6, 6.07) is 63.8. The van der Waals surface area contributed by atoms with Gasteiger partial charge in [-0.3, -0.25) is 49.8 Å². The van der Waals surface area contributed by atoms with Crippen LogP contribution in [0.4, 0.5) is 0 Å². The van der Waals surface area contributed by atoms with Crippen molar-refractivity contribution in [1.29, 1.82) is 0 Å². The highest BCUT2D eigenvalue weighted by atomic mass is 14.9. The highest BCUT2D eigenvalue weighted by molar-refractivity contribution is 5.64. The first-order valence-electron chi connectivity index (χ1n) is 33.3. The minimum Gasteiger partial charge on any atom is -0.265 e. The molecule has 2 aromatic carbocycles. The van der Waals surface area contributed by atoms with E-state index in [1.54, 1.807) is 80.6 Å². The Morgan fingerprint density at radius 1 is 0.144 bits per heavy atom. The van der Waals surface area contributed by atoms with Crippen molar-refractivity contribution >= 4 is 0 Å². The molecule has 512 valence electrons. The predicted molar refractivity (Wildman–Crippen MR) is 413 cm³/mol. The Morgan fingerprint density at radius 2 is 0.433 bits per heavy atom. The van der Waals surface area contributed by atoms with E-state index in [1.165, 1.54) is 27.8 Å². The number of aromatic nitrogens is 18. The quantitative estimate of drug-likeness (QED) is 0.138. The van der Waals surface area contributed by atoms with Crippen LogP contribution in [0.3, 0.4) is 0 Å². The molecule has 14 aromatic heterocycles. The van der Waals surface area contributed by atoms with Gasteiger partial charge in [0.2, 0.25) is 0 Å². The highest BCUT2D eigenvalue weighted by Gasteiger charge is 2.04. The summed E-state index contributed by atoms with van der Waals surface area (Å²) in [6.07, 6.45) is 39.7. The molecule has 0 spiro atoms. The van der Waals surface area contributed by atoms with Gasteiger partial charge in [0, 0.05) is 181 Å². The Morgan fingerprint density at radius 3 is 0.798 bits per heavy atom. The molecule has 16 rings (SSSR count). The molecule has 14 heterocycles. The molecule has 0 aliphatic carbocycles. The van der Waals surface area contributed by atoms with Crippen LogP contribution in [0.1, 0.15) is 45.6 Å². The van der Waals surface area contributed by atoms with Gasteiger partial charge >= 0.3 is 0 Å². The smallest absolute Gasteiger partial charge is 0.125 e. The molecule has 18 heteroatoms. The van der Waals surface area contributed by atoms with Gasteiger partial charge in [-0.15, -0.1) is 0 Å². The second kappa shape index (κ2) is 41.0. The standard InChI is InChI=1S/C12H11N.4C11H10N2.3C10H9N3/c1-10-7-8-12(13-9-10)11-5-3-2-4-6-11;1-9-2-3-11(13-8-9)10-4-6-12-7-5-10;1-9-4-5-11(13-7-9)10-3-2-6-12-8-10;1-9-5-6-11(13-8-9)10-4-2-3-7-12-10;1-9-12-7-11(8-13-9)10-5-3-2-4-6-10;1-8-12-6-10(7-13-8)9-2-4-11-5-3-9;1-8-12-6-10(7-13-8)9-3-2-4-11-5-9;1-8-12-6-9(7-13-8)10-4-2-3-5-11-10/h2-9H,1H3;4*2-8H,1H3;3*2-7H,1H3. The number of aryl methyl sites for hydroxylation is 8. The fourth-order valence-electron chi connectivity index (χ4n) is 9.09. The average Bonchev–Trinajstić information content (AvgIpc) is 0.972. The molecule has 16 aromatic rings. The van der Waals surface area contributed by atoms with E-state index in [4.69, 9.17) is 0 Å². The fraction of sp³-hybridized carbons (Fsp3) is 0.0930. The topological polar surface area (TPSA) is 232 Å². The lowest BCUT2D eigenvalue weighted by Gasteiger charge is -1.99. The molecule has 0 unspecified atom stereocenters. The first kappa shape index (κ1) is 74.5. The third-order valence-electron chi connectivity index (χ3n) is 14.8. The van der Waals surface area contributed by atoms with E-state index in [0.717, 1.165) is 108 Å². The van der Waals surface area contributed by atoms with Crippen molar-refractivity contribution in [3.63, 3.8) is 0 Å². The molecule has 0 saturated heterocycles. The zero-order valence-electron chi connectivity index (χ0n) is 59.2. The van der Waals surface area contributed by atoms with E-state index in [0.29, 0.717) is 0 Å². The molecule has 0 amide bonds. The van der Waals surface area contributed by atoms with Crippen molar-refractivity contribution in [2.75, 3.05) is 0 Å². The molecule has 0 saturated carbocycles. The summed E-state index contributed by atoms with van der Waals surface area (Å²) >= 11 is 0. The average molecular weight is 1360 g/mol. The van der Waals surface area contributed by atoms with Crippen LogP contribution < -0.4 is 0 Å². The summed E-state index contributed by atoms with van der Waals surface area (Å²) in [4.78, 5) is 74.6. The van der Waals surface area contributed by atoms with Gasteiger partial charge in [0.1, 0.15) is 23.3 Å². The van der Waals surface area contributed by atoms with Crippen LogP contribution in [0.5, 0.6) is 0 Å². The number of rotatable bonds is 8. The SMILES string of the molecule is Cc1ccc(-c2ccccc2)nc1.Cc1ccc(-c2ccccn2)nc1.Cc1ccc(-c2cccnc2)nc1.Cc1ccc(-c2ccncc2)nc1.Cc1ncc(-c2ccccc2)cn1.Cc1ncc(-c2ccccn2)cn1.Cc1ncc(-c2cccnc2)cn1.Cc1ncc(-c2ccncc2)cn1. The van der Waals surface area contributed by atoms with Crippen LogP contribution >= 0.6 is 0 Å². The number of hydrogen-bond donors (Lipinski definition) is 0. The normalized spacial score (nSPS) is 9.92. The lowest BCUT2D eigenvalue weighted by atomic mass is 10.1. The van der Waals surface area contributed by atoms with E-state index < -0.39 is 0 Å². The number of benzene rings is 2. The number of nitrogens with zero attached hydrogens (tertiary/aromatic N) is 18. The van der Waals surface area contributed by atoms with Gasteiger partial charge in [-0.25, -0.2) is 39.9 Å². The van der Waals surface area contributed by atoms with E-state index in [9.17, 15) is 0 Å². The summed E-state index contributed by atoms with van der Waals surface area (Å²) in [6.45, 7) is 15.6. The lowest BCUT2D eigenvalue weighted by Crippen LogP contribution is -1.88. The van der Waals surface area contributed by atoms with Crippen LogP contribution in [0.2, 0.25) is 0 Å². The van der Waals surface area contributed by atoms with Gasteiger partial charge in [0.25, 0.3) is 0 Å². The predicted octanol–water partition coefficient (Wildman–Crippen LogP) is 18.4. The first-order valence-corrected chi connectivity index (χ1v) is 33.3. The maximum absolute atomic E-state index is 4.35. The van der Waals surface area contributed by atoms with Crippen molar-refractivity contribution in [1.82, 2.24) is 89.7 Å². The molecular weight excluding hydrogens is 1290 g/mol. The third-order valence-corrected chi connectivity index (χ3v) is 14.8. The van der Waals surface area contributed by atoms with Gasteiger partial charge in [-0.05, 0) is 180 Å². The lowest BCUT2D eigenvalue weighted by molar-refractivity contribution is 1.05. The molecule has 18 nitrogen and oxygen atoms in total. The van der Waals surface area contributed by atoms with Crippen molar-refractivity contribution in [2.45, 2.75) is 55.4 Å². The Hall–Kier alpha value is -13.7. The molecule has 0 aliphatic heterocycles. The van der Waals surface area contributed by atoms with E-state index in [2.05, 4.69) is 120 Å². The van der Waals surface area contributed by atoms with Crippen LogP contribution in [0.15, 0.2) is 330 Å². The summed E-state index contributed by atoms with van der Waals surface area (Å²) in [5.41, 5.74) is 21.1. The molecule has 104 heavy (non-hydrogen) atoms. The monoisotopic (exact) mass is 1360 g/mol. The molecule has 0 N–H and O–H groups in total. The first-order chi connectivity index (χ1) is 50.9. The largest absolute Gasteiger partial charge is 0.265 e. The highest BCUT2D eigenvalue weighted by Crippen LogP contribution is 2.21. The second-order valence-corrected chi connectivity index (χ2v) is 23.1. The Balaban J connectivity index is 0.000000138. The molecule has 0 fully saturated rings. The molecule has 0 bridgehead atoms. The number of pyridine rings is 10. The Kier molecular flexibility index (Phi) is 29.3. The molecule has 0 aliphatic rings. The third kappa shape index (κ3) is 25.5. The van der Waals surface area contributed by atoms with Crippen LogP contribution in [0, 0.1) is 55.4 Å². The van der Waals surface area contributed by atoms with Gasteiger partial charge in [-0.1, -0.05) is 103 Å². The van der Waals surface area contributed by atoms with E-state index in [1.807, 2.05) is 275 Å². The summed E-state index contributed by atoms with van der Waals surface area (Å²) < 4.78 is 0. The van der Waals surface area contributed by atoms with Gasteiger partial charge in [0.15, 0.2) is 0 Å². The van der Waals surface area contributed by atoms with E-state index >= 15 is 0 Å². The van der Waals surface area contributed by atoms with Crippen LogP contribution in [-0.4, -0.2) is 89.7 Å². The zero-order valence-corrected chi connectivity index (χ0v) is 59.2. The summed E-state index contributed by atoms with van der Waals surface area (Å²) in [7, 11) is 0. The Bertz CT molecular complexity index is 4010. The second-order valence-electron chi connectivity index (χ2n) is 23.1. The van der Waals surface area contributed by atoms with E-state index in [-0.39, 0.29) is 0 Å².